The standard InChI is InChI=1S/C24H27N3O2.C23H26N4O2.C2H6.2H2/c1-17-21(15-19(16-25-17)29-14-13-27(2)3)23(28)26-24(11-12-24)22-10-6-8-18-7-4-5-9-20(18)22;1-16-15-24-22(29-14-13-27(2)3)25-20(16)21(28)26-23(11-12-23)19-10-6-8-17-7-4-5-9-18(17)19;1-2;;/h4-10,15-16H,11-14H2,1-3H3,(H,26,28);4-10,15H,11-14H2,1-3H3,(H,26,28);1-2H3;2*1H. The van der Waals surface area contributed by atoms with E-state index in [1.54, 1.807) is 18.5 Å². The second-order valence-corrected chi connectivity index (χ2v) is 15.9. The van der Waals surface area contributed by atoms with E-state index >= 15 is 0 Å². The summed E-state index contributed by atoms with van der Waals surface area (Å²) in [6.45, 7) is 10.3. The van der Waals surface area contributed by atoms with E-state index in [4.69, 9.17) is 9.47 Å². The maximum atomic E-state index is 13.1. The van der Waals surface area contributed by atoms with Crippen molar-refractivity contribution < 1.29 is 21.9 Å². The van der Waals surface area contributed by atoms with Crippen LogP contribution in [0.2, 0.25) is 0 Å². The van der Waals surface area contributed by atoms with Crippen LogP contribution in [0.3, 0.4) is 0 Å². The number of pyridine rings is 1. The molecule has 60 heavy (non-hydrogen) atoms. The number of benzene rings is 4. The summed E-state index contributed by atoms with van der Waals surface area (Å²) in [5, 5.41) is 11.3. The minimum Gasteiger partial charge on any atom is -0.491 e. The van der Waals surface area contributed by atoms with Gasteiger partial charge in [0.15, 0.2) is 0 Å². The van der Waals surface area contributed by atoms with E-state index in [9.17, 15) is 9.59 Å². The van der Waals surface area contributed by atoms with E-state index in [1.165, 1.54) is 27.1 Å². The van der Waals surface area contributed by atoms with Gasteiger partial charge in [0.05, 0.1) is 28.5 Å². The van der Waals surface area contributed by atoms with Crippen molar-refractivity contribution in [1.29, 1.82) is 0 Å². The Morgan fingerprint density at radius 3 is 1.70 bits per heavy atom. The number of ether oxygens (including phenoxy) is 2. The Morgan fingerprint density at radius 1 is 0.667 bits per heavy atom. The smallest absolute Gasteiger partial charge is 0.317 e. The summed E-state index contributed by atoms with van der Waals surface area (Å²) in [5.41, 5.74) is 4.09. The molecule has 0 spiro atoms. The molecule has 2 amide bonds. The molecule has 0 unspecified atom stereocenters. The fourth-order valence-corrected chi connectivity index (χ4v) is 7.23. The van der Waals surface area contributed by atoms with Crippen molar-refractivity contribution in [3.63, 3.8) is 0 Å². The molecule has 0 saturated heterocycles. The van der Waals surface area contributed by atoms with Crippen molar-refractivity contribution in [3.8, 4) is 11.8 Å². The van der Waals surface area contributed by atoms with E-state index in [2.05, 4.69) is 91.1 Å². The molecule has 2 aliphatic rings. The van der Waals surface area contributed by atoms with Crippen LogP contribution in [0.1, 0.15) is 85.6 Å². The molecule has 0 atom stereocenters. The number of amides is 2. The van der Waals surface area contributed by atoms with Crippen LogP contribution in [0.4, 0.5) is 0 Å². The predicted molar refractivity (Wildman–Crippen MR) is 244 cm³/mol. The molecule has 2 fully saturated rings. The third-order valence-corrected chi connectivity index (χ3v) is 10.9. The van der Waals surface area contributed by atoms with E-state index in [0.717, 1.165) is 49.9 Å². The topological polar surface area (TPSA) is 122 Å². The second kappa shape index (κ2) is 19.4. The molecule has 0 bridgehead atoms. The van der Waals surface area contributed by atoms with Gasteiger partial charge in [-0.25, -0.2) is 4.98 Å². The van der Waals surface area contributed by atoms with Crippen molar-refractivity contribution in [3.05, 3.63) is 137 Å². The summed E-state index contributed by atoms with van der Waals surface area (Å²) in [5.74, 6) is 0.337. The van der Waals surface area contributed by atoms with Crippen molar-refractivity contribution in [1.82, 2.24) is 35.4 Å². The van der Waals surface area contributed by atoms with Crippen LogP contribution in [0.5, 0.6) is 11.8 Å². The zero-order chi connectivity index (χ0) is 42.9. The number of nitrogens with zero attached hydrogens (tertiary/aromatic N) is 5. The average molecular weight is 814 g/mol. The Balaban J connectivity index is 0.000000254. The summed E-state index contributed by atoms with van der Waals surface area (Å²) in [7, 11) is 7.94. The lowest BCUT2D eigenvalue weighted by Gasteiger charge is -2.21. The van der Waals surface area contributed by atoms with E-state index in [-0.39, 0.29) is 31.8 Å². The largest absolute Gasteiger partial charge is 0.491 e. The maximum absolute atomic E-state index is 13.1. The molecule has 11 nitrogen and oxygen atoms in total. The van der Waals surface area contributed by atoms with Crippen LogP contribution in [0.25, 0.3) is 21.5 Å². The summed E-state index contributed by atoms with van der Waals surface area (Å²) >= 11 is 0. The number of carbonyl (C=O) groups is 2. The molecule has 2 heterocycles. The molecule has 6 aromatic rings. The van der Waals surface area contributed by atoms with Gasteiger partial charge in [-0.05, 0) is 112 Å². The Hall–Kier alpha value is -5.91. The normalized spacial score (nSPS) is 14.4. The van der Waals surface area contributed by atoms with Gasteiger partial charge < -0.3 is 29.9 Å². The number of hydrogen-bond acceptors (Lipinski definition) is 9. The van der Waals surface area contributed by atoms with Gasteiger partial charge in [0.2, 0.25) is 0 Å². The Morgan fingerprint density at radius 2 is 1.17 bits per heavy atom. The highest BCUT2D eigenvalue weighted by atomic mass is 16.5. The molecule has 11 heteroatoms. The summed E-state index contributed by atoms with van der Waals surface area (Å²) in [6.07, 6.45) is 7.05. The van der Waals surface area contributed by atoms with Gasteiger partial charge in [0.1, 0.15) is 24.7 Å². The molecule has 4 aromatic carbocycles. The highest BCUT2D eigenvalue weighted by Gasteiger charge is 2.48. The second-order valence-electron chi connectivity index (χ2n) is 15.9. The SMILES string of the molecule is CC.Cc1cnc(OCCN(C)C)nc1C(=O)NC1(c2cccc3ccccc23)CC1.Cc1ncc(OCCN(C)C)cc1C(=O)NC1(c2cccc3ccccc23)CC1.[HH].[HH]. The van der Waals surface area contributed by atoms with Gasteiger partial charge in [0, 0.05) is 22.1 Å². The number of nitrogens with one attached hydrogen (secondary N) is 2. The Labute approximate surface area is 357 Å². The predicted octanol–water partition coefficient (Wildman–Crippen LogP) is 8.72. The van der Waals surface area contributed by atoms with Crippen molar-refractivity contribution in [2.75, 3.05) is 54.5 Å². The summed E-state index contributed by atoms with van der Waals surface area (Å²) in [4.78, 5) is 43.3. The van der Waals surface area contributed by atoms with Crippen LogP contribution in [-0.4, -0.2) is 91.1 Å². The average Bonchev–Trinajstić information content (AvgIpc) is 4.20. The van der Waals surface area contributed by atoms with Crippen LogP contribution in [0.15, 0.2) is 103 Å². The molecule has 2 aliphatic carbocycles. The Kier molecular flexibility index (Phi) is 14.1. The molecule has 0 aliphatic heterocycles. The molecular formula is C49H63N7O4. The highest BCUT2D eigenvalue weighted by Crippen LogP contribution is 2.49. The minimum atomic E-state index is -0.332. The summed E-state index contributed by atoms with van der Waals surface area (Å²) < 4.78 is 11.4. The van der Waals surface area contributed by atoms with Crippen LogP contribution in [-0.2, 0) is 11.1 Å². The first-order valence-electron chi connectivity index (χ1n) is 20.9. The van der Waals surface area contributed by atoms with Crippen LogP contribution in [0, 0.1) is 13.8 Å². The van der Waals surface area contributed by atoms with Crippen LogP contribution >= 0.6 is 0 Å². The molecule has 0 radical (unpaired) electrons. The van der Waals surface area contributed by atoms with E-state index in [1.807, 2.05) is 85.1 Å². The van der Waals surface area contributed by atoms with E-state index < -0.39 is 0 Å². The molecule has 318 valence electrons. The van der Waals surface area contributed by atoms with E-state index in [0.29, 0.717) is 35.9 Å². The van der Waals surface area contributed by atoms with Crippen molar-refractivity contribution in [2.24, 2.45) is 0 Å². The van der Waals surface area contributed by atoms with Gasteiger partial charge in [-0.3, -0.25) is 14.6 Å². The zero-order valence-corrected chi connectivity index (χ0v) is 36.3. The lowest BCUT2D eigenvalue weighted by molar-refractivity contribution is 0.0917. The maximum Gasteiger partial charge on any atom is 0.317 e. The fraction of sp³-hybridized carbons (Fsp3) is 0.367. The minimum absolute atomic E-state index is 0. The molecular weight excluding hydrogens is 751 g/mol. The quantitative estimate of drug-likeness (QED) is 0.111. The van der Waals surface area contributed by atoms with Crippen molar-refractivity contribution in [2.45, 2.75) is 64.5 Å². The first-order valence-corrected chi connectivity index (χ1v) is 20.9. The first kappa shape index (κ1) is 43.7. The Bertz CT molecular complexity index is 2260. The number of aryl methyl sites for hydroxylation is 2. The lowest BCUT2D eigenvalue weighted by Crippen LogP contribution is -2.36. The van der Waals surface area contributed by atoms with Gasteiger partial charge >= 0.3 is 6.01 Å². The van der Waals surface area contributed by atoms with Crippen molar-refractivity contribution >= 4 is 33.4 Å². The number of likely N-dealkylation sites (N-methyl/N-ethyl adjacent to an activating group) is 2. The molecule has 2 N–H and O–H groups in total. The first-order chi connectivity index (χ1) is 29.0. The summed E-state index contributed by atoms with van der Waals surface area (Å²) in [6, 6.07) is 31.2. The van der Waals surface area contributed by atoms with Crippen LogP contribution < -0.4 is 20.1 Å². The molecule has 2 saturated carbocycles. The third kappa shape index (κ3) is 10.4. The van der Waals surface area contributed by atoms with Gasteiger partial charge in [0.25, 0.3) is 11.8 Å². The lowest BCUT2D eigenvalue weighted by atomic mass is 9.96. The number of aromatic nitrogens is 3. The fourth-order valence-electron chi connectivity index (χ4n) is 7.23. The number of rotatable bonds is 14. The zero-order valence-electron chi connectivity index (χ0n) is 36.3. The molecule has 8 rings (SSSR count). The number of fused-ring (bicyclic) bond motifs is 2. The number of carbonyl (C=O) groups excluding carboxylic acids is 2. The third-order valence-electron chi connectivity index (χ3n) is 10.9. The van der Waals surface area contributed by atoms with Gasteiger partial charge in [-0.15, -0.1) is 0 Å². The van der Waals surface area contributed by atoms with Gasteiger partial charge in [-0.2, -0.15) is 4.98 Å². The highest BCUT2D eigenvalue weighted by molar-refractivity contribution is 5.97. The van der Waals surface area contributed by atoms with Gasteiger partial charge in [-0.1, -0.05) is 98.8 Å². The monoisotopic (exact) mass is 813 g/mol. The molecule has 2 aromatic heterocycles. The number of hydrogen-bond donors (Lipinski definition) is 2.